The van der Waals surface area contributed by atoms with Crippen molar-refractivity contribution in [1.82, 2.24) is 10.2 Å². The maximum Gasteiger partial charge on any atom is 0.243 e. The van der Waals surface area contributed by atoms with Crippen LogP contribution in [0.3, 0.4) is 0 Å². The lowest BCUT2D eigenvalue weighted by molar-refractivity contribution is -0.140. The summed E-state index contributed by atoms with van der Waals surface area (Å²) in [5, 5.41) is 3.25. The highest BCUT2D eigenvalue weighted by Gasteiger charge is 2.30. The molecule has 0 spiro atoms. The van der Waals surface area contributed by atoms with Gasteiger partial charge in [0.1, 0.15) is 6.04 Å². The Morgan fingerprint density at radius 3 is 2.25 bits per heavy atom. The fourth-order valence-electron chi connectivity index (χ4n) is 4.89. The number of rotatable bonds is 9. The van der Waals surface area contributed by atoms with Gasteiger partial charge in [0.2, 0.25) is 11.8 Å². The monoisotopic (exact) mass is 434 g/mol. The Bertz CT molecular complexity index is 867. The molecule has 1 aliphatic carbocycles. The van der Waals surface area contributed by atoms with Crippen LogP contribution in [0.15, 0.2) is 48.5 Å². The molecule has 0 unspecified atom stereocenters. The average molecular weight is 435 g/mol. The van der Waals surface area contributed by atoms with Crippen LogP contribution in [0.2, 0.25) is 0 Å². The molecule has 4 heteroatoms. The predicted octanol–water partition coefficient (Wildman–Crippen LogP) is 5.14. The first-order valence-corrected chi connectivity index (χ1v) is 12.2. The van der Waals surface area contributed by atoms with Gasteiger partial charge in [-0.05, 0) is 50.7 Å². The highest BCUT2D eigenvalue weighted by atomic mass is 16.2. The third-order valence-electron chi connectivity index (χ3n) is 6.46. The molecule has 0 saturated heterocycles. The number of nitrogens with zero attached hydrogens (tertiary/aromatic N) is 1. The molecule has 0 bridgehead atoms. The molecule has 2 amide bonds. The van der Waals surface area contributed by atoms with Crippen LogP contribution in [-0.4, -0.2) is 35.3 Å². The summed E-state index contributed by atoms with van der Waals surface area (Å²) < 4.78 is 0. The van der Waals surface area contributed by atoms with E-state index >= 15 is 0 Å². The summed E-state index contributed by atoms with van der Waals surface area (Å²) in [6.45, 7) is 6.66. The Morgan fingerprint density at radius 2 is 1.62 bits per heavy atom. The third kappa shape index (κ3) is 6.94. The Morgan fingerprint density at radius 1 is 0.969 bits per heavy atom. The van der Waals surface area contributed by atoms with E-state index in [9.17, 15) is 9.59 Å². The zero-order chi connectivity index (χ0) is 22.9. The summed E-state index contributed by atoms with van der Waals surface area (Å²) in [7, 11) is 0. The van der Waals surface area contributed by atoms with Crippen molar-refractivity contribution in [2.24, 2.45) is 0 Å². The maximum atomic E-state index is 13.5. The van der Waals surface area contributed by atoms with Crippen molar-refractivity contribution in [3.05, 3.63) is 70.8 Å². The van der Waals surface area contributed by atoms with Crippen molar-refractivity contribution in [2.45, 2.75) is 84.2 Å². The summed E-state index contributed by atoms with van der Waals surface area (Å²) in [4.78, 5) is 28.6. The van der Waals surface area contributed by atoms with Gasteiger partial charge in [0, 0.05) is 12.6 Å². The topological polar surface area (TPSA) is 49.4 Å². The Kier molecular flexibility index (Phi) is 8.90. The minimum absolute atomic E-state index is 0.00114. The number of benzene rings is 2. The number of nitrogens with one attached hydrogen (secondary N) is 1. The predicted molar refractivity (Wildman–Crippen MR) is 131 cm³/mol. The van der Waals surface area contributed by atoms with E-state index in [4.69, 9.17) is 0 Å². The van der Waals surface area contributed by atoms with Crippen LogP contribution in [-0.2, 0) is 22.4 Å². The van der Waals surface area contributed by atoms with Gasteiger partial charge in [-0.1, -0.05) is 85.8 Å². The van der Waals surface area contributed by atoms with E-state index in [1.807, 2.05) is 30.0 Å². The second kappa shape index (κ2) is 11.8. The number of amides is 2. The lowest BCUT2D eigenvalue weighted by atomic mass is 9.95. The van der Waals surface area contributed by atoms with E-state index < -0.39 is 6.04 Å². The average Bonchev–Trinajstić information content (AvgIpc) is 2.77. The van der Waals surface area contributed by atoms with Crippen LogP contribution in [0, 0.1) is 13.8 Å². The number of carbonyl (C=O) groups is 2. The number of hydrogen-bond donors (Lipinski definition) is 1. The van der Waals surface area contributed by atoms with Gasteiger partial charge < -0.3 is 10.2 Å². The third-order valence-corrected chi connectivity index (χ3v) is 6.46. The van der Waals surface area contributed by atoms with Crippen LogP contribution in [0.1, 0.15) is 67.7 Å². The van der Waals surface area contributed by atoms with Crippen molar-refractivity contribution >= 4 is 11.8 Å². The van der Waals surface area contributed by atoms with Crippen molar-refractivity contribution in [3.63, 3.8) is 0 Å². The summed E-state index contributed by atoms with van der Waals surface area (Å²) in [6, 6.07) is 16.3. The van der Waals surface area contributed by atoms with Gasteiger partial charge in [0.05, 0.1) is 6.42 Å². The molecular formula is C28H38N2O2. The number of hydrogen-bond acceptors (Lipinski definition) is 2. The van der Waals surface area contributed by atoms with Crippen LogP contribution in [0.4, 0.5) is 0 Å². The van der Waals surface area contributed by atoms with E-state index in [0.29, 0.717) is 19.4 Å². The second-order valence-corrected chi connectivity index (χ2v) is 9.26. The number of aryl methyl sites for hydroxylation is 2. The van der Waals surface area contributed by atoms with Gasteiger partial charge in [0.25, 0.3) is 0 Å². The highest BCUT2D eigenvalue weighted by Crippen LogP contribution is 2.19. The van der Waals surface area contributed by atoms with Crippen molar-refractivity contribution in [2.75, 3.05) is 6.54 Å². The standard InChI is InChI=1S/C28H38N2O2/c1-4-26(28(32)29-25-13-9-6-10-14-25)30(16-15-23-11-7-5-8-12-23)27(31)20-24-18-21(2)17-22(3)19-24/h5,7-8,11-12,17-19,25-26H,4,6,9-10,13-16,20H2,1-3H3,(H,29,32)/t26-/m1/s1. The first kappa shape index (κ1) is 24.0. The van der Waals surface area contributed by atoms with Gasteiger partial charge in [-0.25, -0.2) is 0 Å². The van der Waals surface area contributed by atoms with Crippen LogP contribution in [0.5, 0.6) is 0 Å². The van der Waals surface area contributed by atoms with Crippen molar-refractivity contribution in [3.8, 4) is 0 Å². The van der Waals surface area contributed by atoms with Gasteiger partial charge >= 0.3 is 0 Å². The molecule has 4 nitrogen and oxygen atoms in total. The molecule has 0 radical (unpaired) electrons. The summed E-state index contributed by atoms with van der Waals surface area (Å²) in [5.74, 6) is 0.0257. The SMILES string of the molecule is CC[C@H](C(=O)NC1CCCCC1)N(CCc1ccccc1)C(=O)Cc1cc(C)cc(C)c1. The van der Waals surface area contributed by atoms with Gasteiger partial charge in [-0.2, -0.15) is 0 Å². The van der Waals surface area contributed by atoms with Crippen LogP contribution >= 0.6 is 0 Å². The van der Waals surface area contributed by atoms with Gasteiger partial charge in [-0.3, -0.25) is 9.59 Å². The first-order valence-electron chi connectivity index (χ1n) is 12.2. The molecule has 0 aliphatic heterocycles. The van der Waals surface area contributed by atoms with E-state index in [-0.39, 0.29) is 17.9 Å². The summed E-state index contributed by atoms with van der Waals surface area (Å²) >= 11 is 0. The molecule has 2 aromatic rings. The largest absolute Gasteiger partial charge is 0.352 e. The smallest absolute Gasteiger partial charge is 0.243 e. The molecule has 1 aliphatic rings. The minimum Gasteiger partial charge on any atom is -0.352 e. The van der Waals surface area contributed by atoms with E-state index in [2.05, 4.69) is 49.5 Å². The molecule has 0 aromatic heterocycles. The van der Waals surface area contributed by atoms with Gasteiger partial charge in [0.15, 0.2) is 0 Å². The van der Waals surface area contributed by atoms with E-state index in [1.54, 1.807) is 0 Å². The Balaban J connectivity index is 1.76. The fraction of sp³-hybridized carbons (Fsp3) is 0.500. The Labute approximate surface area is 193 Å². The molecule has 1 saturated carbocycles. The van der Waals surface area contributed by atoms with Crippen molar-refractivity contribution < 1.29 is 9.59 Å². The van der Waals surface area contributed by atoms with E-state index in [1.165, 1.54) is 24.8 Å². The zero-order valence-electron chi connectivity index (χ0n) is 19.9. The quantitative estimate of drug-likeness (QED) is 0.594. The minimum atomic E-state index is -0.431. The molecule has 172 valence electrons. The molecule has 2 aromatic carbocycles. The fourth-order valence-corrected chi connectivity index (χ4v) is 4.89. The molecule has 0 heterocycles. The molecular weight excluding hydrogens is 396 g/mol. The lowest BCUT2D eigenvalue weighted by Gasteiger charge is -2.33. The molecule has 1 atom stereocenters. The summed E-state index contributed by atoms with van der Waals surface area (Å²) in [5.41, 5.74) is 4.51. The molecule has 1 N–H and O–H groups in total. The zero-order valence-corrected chi connectivity index (χ0v) is 19.9. The lowest BCUT2D eigenvalue weighted by Crippen LogP contribution is -2.52. The normalized spacial score (nSPS) is 15.2. The van der Waals surface area contributed by atoms with Gasteiger partial charge in [-0.15, -0.1) is 0 Å². The maximum absolute atomic E-state index is 13.5. The molecule has 1 fully saturated rings. The number of carbonyl (C=O) groups excluding carboxylic acids is 2. The van der Waals surface area contributed by atoms with Crippen LogP contribution < -0.4 is 5.32 Å². The van der Waals surface area contributed by atoms with E-state index in [0.717, 1.165) is 36.0 Å². The second-order valence-electron chi connectivity index (χ2n) is 9.26. The Hall–Kier alpha value is -2.62. The first-order chi connectivity index (χ1) is 15.5. The molecule has 3 rings (SSSR count). The van der Waals surface area contributed by atoms with Crippen molar-refractivity contribution in [1.29, 1.82) is 0 Å². The summed E-state index contributed by atoms with van der Waals surface area (Å²) in [6.07, 6.45) is 7.37. The molecule has 32 heavy (non-hydrogen) atoms. The highest BCUT2D eigenvalue weighted by molar-refractivity contribution is 5.88. The van der Waals surface area contributed by atoms with Crippen LogP contribution in [0.25, 0.3) is 0 Å².